The van der Waals surface area contributed by atoms with Gasteiger partial charge in [0.2, 0.25) is 0 Å². The fourth-order valence-corrected chi connectivity index (χ4v) is 8.91. The SMILES string of the molecule is CCC1CC(C)CN1c1cccc(O)c1C#N.CCC1CC2CCCC2(C(C)=O)C1.COC1CSCCC1C. The van der Waals surface area contributed by atoms with Crippen LogP contribution in [0.1, 0.15) is 98.0 Å². The van der Waals surface area contributed by atoms with Crippen LogP contribution in [0, 0.1) is 40.4 Å². The Morgan fingerprint density at radius 3 is 2.56 bits per heavy atom. The lowest BCUT2D eigenvalue weighted by Gasteiger charge is -2.27. The van der Waals surface area contributed by atoms with E-state index in [0.717, 1.165) is 42.8 Å². The Morgan fingerprint density at radius 1 is 1.23 bits per heavy atom. The van der Waals surface area contributed by atoms with Crippen molar-refractivity contribution < 1.29 is 14.6 Å². The number of benzene rings is 1. The van der Waals surface area contributed by atoms with Gasteiger partial charge in [-0.2, -0.15) is 17.0 Å². The zero-order valence-electron chi connectivity index (χ0n) is 25.2. The van der Waals surface area contributed by atoms with E-state index < -0.39 is 0 Å². The summed E-state index contributed by atoms with van der Waals surface area (Å²) in [6, 6.07) is 7.90. The molecule has 39 heavy (non-hydrogen) atoms. The van der Waals surface area contributed by atoms with Gasteiger partial charge in [0, 0.05) is 30.9 Å². The molecule has 1 N–H and O–H groups in total. The van der Waals surface area contributed by atoms with Crippen LogP contribution in [0.25, 0.3) is 0 Å². The van der Waals surface area contributed by atoms with E-state index in [1.54, 1.807) is 12.1 Å². The molecule has 0 radical (unpaired) electrons. The molecule has 218 valence electrons. The zero-order valence-corrected chi connectivity index (χ0v) is 26.1. The van der Waals surface area contributed by atoms with Gasteiger partial charge in [-0.25, -0.2) is 0 Å². The molecular formula is C33H52N2O3S. The number of hydrogen-bond donors (Lipinski definition) is 1. The largest absolute Gasteiger partial charge is 0.506 e. The highest BCUT2D eigenvalue weighted by molar-refractivity contribution is 7.99. The molecule has 1 aromatic carbocycles. The molecular weight excluding hydrogens is 504 g/mol. The minimum Gasteiger partial charge on any atom is -0.506 e. The molecule has 0 aromatic heterocycles. The summed E-state index contributed by atoms with van der Waals surface area (Å²) in [7, 11) is 1.81. The first-order valence-electron chi connectivity index (χ1n) is 15.3. The van der Waals surface area contributed by atoms with Crippen molar-refractivity contribution in [3.05, 3.63) is 23.8 Å². The second-order valence-corrected chi connectivity index (χ2v) is 13.6. The zero-order chi connectivity index (χ0) is 28.6. The van der Waals surface area contributed by atoms with E-state index >= 15 is 0 Å². The van der Waals surface area contributed by atoms with Crippen LogP contribution in [0.4, 0.5) is 5.69 Å². The maximum atomic E-state index is 11.7. The van der Waals surface area contributed by atoms with E-state index in [1.165, 1.54) is 56.5 Å². The summed E-state index contributed by atoms with van der Waals surface area (Å²) in [5, 5.41) is 18.9. The predicted molar refractivity (Wildman–Crippen MR) is 163 cm³/mol. The summed E-state index contributed by atoms with van der Waals surface area (Å²) in [6.07, 6.45) is 11.7. The molecule has 2 aliphatic carbocycles. The molecule has 2 saturated heterocycles. The lowest BCUT2D eigenvalue weighted by atomic mass is 9.77. The van der Waals surface area contributed by atoms with Gasteiger partial charge in [-0.1, -0.05) is 46.6 Å². The van der Waals surface area contributed by atoms with Gasteiger partial charge >= 0.3 is 0 Å². The summed E-state index contributed by atoms with van der Waals surface area (Å²) in [6.45, 7) is 11.7. The number of ether oxygens (including phenoxy) is 1. The predicted octanol–water partition coefficient (Wildman–Crippen LogP) is 7.84. The van der Waals surface area contributed by atoms with Gasteiger partial charge in [-0.3, -0.25) is 4.79 Å². The second-order valence-electron chi connectivity index (χ2n) is 12.5. The van der Waals surface area contributed by atoms with Crippen LogP contribution in [0.2, 0.25) is 0 Å². The number of hydrogen-bond acceptors (Lipinski definition) is 6. The number of nitriles is 1. The molecule has 0 bridgehead atoms. The van der Waals surface area contributed by atoms with Crippen molar-refractivity contribution >= 4 is 23.2 Å². The first-order valence-corrected chi connectivity index (χ1v) is 16.5. The van der Waals surface area contributed by atoms with Gasteiger partial charge in [0.05, 0.1) is 11.8 Å². The topological polar surface area (TPSA) is 73.6 Å². The summed E-state index contributed by atoms with van der Waals surface area (Å²) in [4.78, 5) is 14.0. The summed E-state index contributed by atoms with van der Waals surface area (Å²) >= 11 is 2.01. The number of carbonyl (C=O) groups excluding carboxylic acids is 1. The normalized spacial score (nSPS) is 33.3. The molecule has 7 unspecified atom stereocenters. The fourth-order valence-electron chi connectivity index (χ4n) is 7.51. The number of carbonyl (C=O) groups is 1. The highest BCUT2D eigenvalue weighted by Gasteiger charge is 2.52. The van der Waals surface area contributed by atoms with Gasteiger partial charge in [0.15, 0.2) is 0 Å². The Kier molecular flexibility index (Phi) is 12.1. The lowest BCUT2D eigenvalue weighted by Crippen LogP contribution is -2.29. The number of Topliss-reactive ketones (excluding diaryl/α,β-unsaturated/α-hetero) is 1. The quantitative estimate of drug-likeness (QED) is 0.398. The van der Waals surface area contributed by atoms with Crippen molar-refractivity contribution in [1.82, 2.24) is 0 Å². The molecule has 1 aromatic rings. The van der Waals surface area contributed by atoms with Crippen LogP contribution in [0.5, 0.6) is 5.75 Å². The van der Waals surface area contributed by atoms with Crippen LogP contribution in [0.3, 0.4) is 0 Å². The highest BCUT2D eigenvalue weighted by atomic mass is 32.2. The van der Waals surface area contributed by atoms with Crippen molar-refractivity contribution in [2.75, 3.05) is 30.1 Å². The minimum absolute atomic E-state index is 0.0828. The van der Waals surface area contributed by atoms with Crippen molar-refractivity contribution in [2.24, 2.45) is 29.1 Å². The average Bonchev–Trinajstić information content (AvgIpc) is 3.62. The number of nitrogens with zero attached hydrogens (tertiary/aromatic N) is 2. The maximum Gasteiger partial charge on any atom is 0.136 e. The Morgan fingerprint density at radius 2 is 2.00 bits per heavy atom. The molecule has 5 nitrogen and oxygen atoms in total. The third kappa shape index (κ3) is 7.53. The van der Waals surface area contributed by atoms with Gasteiger partial charge in [-0.05, 0) is 93.4 Å². The number of ketones is 1. The Balaban J connectivity index is 0.000000170. The number of anilines is 1. The molecule has 2 heterocycles. The fraction of sp³-hybridized carbons (Fsp3) is 0.758. The highest BCUT2D eigenvalue weighted by Crippen LogP contribution is 2.57. The first-order chi connectivity index (χ1) is 18.7. The maximum absolute atomic E-state index is 11.7. The van der Waals surface area contributed by atoms with Gasteiger partial charge in [0.25, 0.3) is 0 Å². The van der Waals surface area contributed by atoms with Gasteiger partial charge < -0.3 is 14.7 Å². The molecule has 7 atom stereocenters. The molecule has 2 aliphatic heterocycles. The van der Waals surface area contributed by atoms with Crippen molar-refractivity contribution in [2.45, 2.75) is 105 Å². The van der Waals surface area contributed by atoms with Gasteiger partial charge in [0.1, 0.15) is 23.2 Å². The molecule has 0 spiro atoms. The number of phenolic OH excluding ortho intramolecular Hbond substituents is 1. The molecule has 6 heteroatoms. The number of rotatable bonds is 5. The lowest BCUT2D eigenvalue weighted by molar-refractivity contribution is -0.127. The van der Waals surface area contributed by atoms with E-state index in [-0.39, 0.29) is 11.2 Å². The molecule has 2 saturated carbocycles. The number of methoxy groups -OCH3 is 1. The van der Waals surface area contributed by atoms with Crippen molar-refractivity contribution in [3.63, 3.8) is 0 Å². The standard InChI is InChI=1S/C14H18N2O.C12H20O.C7H14OS/c1-3-11-7-10(2)9-16(11)13-5-4-6-14(17)12(13)8-15;1-3-10-7-11-5-4-6-12(11,8-10)9(2)13;1-6-3-4-9-5-7(6)8-2/h4-6,10-11,17H,3,7,9H2,1-2H3;10-11H,3-8H2,1-2H3;6-7H,3-5H2,1-2H3. The van der Waals surface area contributed by atoms with Crippen LogP contribution in [-0.4, -0.2) is 48.2 Å². The summed E-state index contributed by atoms with van der Waals surface area (Å²) < 4.78 is 5.28. The van der Waals surface area contributed by atoms with E-state index in [2.05, 4.69) is 38.7 Å². The van der Waals surface area contributed by atoms with Gasteiger partial charge in [-0.15, -0.1) is 0 Å². The number of thioether (sulfide) groups is 1. The Bertz CT molecular complexity index is 978. The summed E-state index contributed by atoms with van der Waals surface area (Å²) in [5.74, 6) is 6.08. The molecule has 4 fully saturated rings. The van der Waals surface area contributed by atoms with Crippen molar-refractivity contribution in [1.29, 1.82) is 5.26 Å². The summed E-state index contributed by atoms with van der Waals surface area (Å²) in [5.41, 5.74) is 1.42. The van der Waals surface area contributed by atoms with E-state index in [4.69, 9.17) is 10.00 Å². The second kappa shape index (κ2) is 14.8. The Hall–Kier alpha value is -1.71. The molecule has 4 aliphatic rings. The number of aromatic hydroxyl groups is 1. The minimum atomic E-state index is 0.0828. The van der Waals surface area contributed by atoms with Crippen LogP contribution >= 0.6 is 11.8 Å². The first kappa shape index (κ1) is 31.8. The van der Waals surface area contributed by atoms with Crippen LogP contribution < -0.4 is 4.90 Å². The third-order valence-electron chi connectivity index (χ3n) is 9.98. The molecule has 0 amide bonds. The number of phenols is 1. The van der Waals surface area contributed by atoms with E-state index in [1.807, 2.05) is 31.9 Å². The van der Waals surface area contributed by atoms with Crippen molar-refractivity contribution in [3.8, 4) is 11.8 Å². The third-order valence-corrected chi connectivity index (χ3v) is 11.1. The van der Waals surface area contributed by atoms with Crippen LogP contribution in [-0.2, 0) is 9.53 Å². The monoisotopic (exact) mass is 556 g/mol. The smallest absolute Gasteiger partial charge is 0.136 e. The molecule has 5 rings (SSSR count). The average molecular weight is 557 g/mol. The van der Waals surface area contributed by atoms with Crippen LogP contribution in [0.15, 0.2) is 18.2 Å². The van der Waals surface area contributed by atoms with E-state index in [0.29, 0.717) is 29.4 Å². The van der Waals surface area contributed by atoms with E-state index in [9.17, 15) is 9.90 Å². The number of fused-ring (bicyclic) bond motifs is 1. The Labute approximate surface area is 242 Å².